The topological polar surface area (TPSA) is 64.4 Å². The molecule has 9 heteroatoms. The van der Waals surface area contributed by atoms with Crippen LogP contribution in [0.5, 0.6) is 5.75 Å². The molecule has 0 aliphatic heterocycles. The van der Waals surface area contributed by atoms with Crippen molar-refractivity contribution in [3.05, 3.63) is 71.1 Å². The molecule has 0 saturated heterocycles. The zero-order valence-electron chi connectivity index (χ0n) is 18.4. The third kappa shape index (κ3) is 7.82. The maximum absolute atomic E-state index is 10.6. The van der Waals surface area contributed by atoms with E-state index in [4.69, 9.17) is 31.2 Å². The van der Waals surface area contributed by atoms with E-state index in [1.807, 2.05) is 42.7 Å². The van der Waals surface area contributed by atoms with E-state index in [1.165, 1.54) is 11.3 Å². The molecule has 0 spiro atoms. The number of imidazole rings is 1. The number of hydrogen-bond donors (Lipinski definition) is 1. The Morgan fingerprint density at radius 3 is 2.33 bits per heavy atom. The Labute approximate surface area is 195 Å². The number of benzene rings is 2. The van der Waals surface area contributed by atoms with Crippen LogP contribution in [0, 0.1) is 0 Å². The van der Waals surface area contributed by atoms with Crippen LogP contribution >= 0.6 is 11.6 Å². The Kier molecular flexibility index (Phi) is 9.78. The lowest BCUT2D eigenvalue weighted by Crippen LogP contribution is -2.21. The van der Waals surface area contributed by atoms with E-state index in [9.17, 15) is 13.2 Å². The molecular weight excluding hydrogens is 457 g/mol. The van der Waals surface area contributed by atoms with E-state index in [1.54, 1.807) is 7.11 Å². The number of rotatable bonds is 8. The molecule has 0 amide bonds. The van der Waals surface area contributed by atoms with Crippen LogP contribution < -0.4 is 4.74 Å². The molecule has 3 rings (SSSR count). The highest BCUT2D eigenvalue weighted by Gasteiger charge is 2.38. The number of halogens is 4. The molecule has 178 valence electrons. The number of alkyl halides is 3. The summed E-state index contributed by atoms with van der Waals surface area (Å²) in [6.45, 7) is 3.11. The van der Waals surface area contributed by atoms with Crippen LogP contribution in [0.2, 0.25) is 5.02 Å². The minimum atomic E-state index is -5.08. The molecule has 1 heterocycles. The van der Waals surface area contributed by atoms with E-state index in [0.29, 0.717) is 0 Å². The van der Waals surface area contributed by atoms with Crippen molar-refractivity contribution in [2.45, 2.75) is 45.3 Å². The fourth-order valence-electron chi connectivity index (χ4n) is 3.21. The number of hydrogen-bond acceptors (Lipinski definition) is 3. The quantitative estimate of drug-likeness (QED) is 0.402. The van der Waals surface area contributed by atoms with Gasteiger partial charge < -0.3 is 14.4 Å². The van der Waals surface area contributed by atoms with Crippen LogP contribution in [0.25, 0.3) is 11.3 Å². The van der Waals surface area contributed by atoms with Crippen LogP contribution in [-0.4, -0.2) is 33.9 Å². The fourth-order valence-corrected chi connectivity index (χ4v) is 3.33. The van der Waals surface area contributed by atoms with Gasteiger partial charge in [-0.1, -0.05) is 55.3 Å². The zero-order chi connectivity index (χ0) is 24.4. The third-order valence-corrected chi connectivity index (χ3v) is 5.14. The maximum Gasteiger partial charge on any atom is 0.490 e. The summed E-state index contributed by atoms with van der Waals surface area (Å²) in [6, 6.07) is 16.1. The smallest absolute Gasteiger partial charge is 0.490 e. The maximum atomic E-state index is 10.6. The fraction of sp³-hybridized carbons (Fsp3) is 0.333. The standard InChI is InChI=1S/C22H25ClN2O.C2HF3O2/c1-3-4-8-20-22(18-10-12-19(23)13-11-18)24-16-25(20)15-14-17-7-5-6-9-21(17)26-2;3-2(4,5)1(6)7/h5-7,9-13,16H,3-4,8,14-15H2,1-2H3;(H,6,7). The second-order valence-corrected chi connectivity index (χ2v) is 7.64. The summed E-state index contributed by atoms with van der Waals surface area (Å²) in [5.74, 6) is -1.81. The van der Waals surface area contributed by atoms with E-state index in [-0.39, 0.29) is 0 Å². The first-order chi connectivity index (χ1) is 15.7. The number of carbonyl (C=O) groups is 1. The van der Waals surface area contributed by atoms with Crippen molar-refractivity contribution >= 4 is 17.6 Å². The number of aliphatic carboxylic acids is 1. The Hall–Kier alpha value is -3.00. The molecule has 0 fully saturated rings. The van der Waals surface area contributed by atoms with Gasteiger partial charge in [0.2, 0.25) is 0 Å². The van der Waals surface area contributed by atoms with Gasteiger partial charge in [-0.3, -0.25) is 0 Å². The van der Waals surface area contributed by atoms with Crippen molar-refractivity contribution in [2.24, 2.45) is 0 Å². The Morgan fingerprint density at radius 1 is 1.12 bits per heavy atom. The first-order valence-corrected chi connectivity index (χ1v) is 10.8. The van der Waals surface area contributed by atoms with Gasteiger partial charge in [0.15, 0.2) is 0 Å². The number of unbranched alkanes of at least 4 members (excludes halogenated alkanes) is 1. The van der Waals surface area contributed by atoms with Crippen LogP contribution in [0.4, 0.5) is 13.2 Å². The number of aromatic nitrogens is 2. The van der Waals surface area contributed by atoms with Crippen molar-refractivity contribution in [3.63, 3.8) is 0 Å². The van der Waals surface area contributed by atoms with E-state index in [0.717, 1.165) is 54.3 Å². The van der Waals surface area contributed by atoms with Gasteiger partial charge in [0.25, 0.3) is 0 Å². The number of nitrogens with zero attached hydrogens (tertiary/aromatic N) is 2. The molecule has 0 radical (unpaired) electrons. The Balaban J connectivity index is 0.000000479. The summed E-state index contributed by atoms with van der Waals surface area (Å²) in [4.78, 5) is 13.6. The lowest BCUT2D eigenvalue weighted by Gasteiger charge is -2.12. The molecule has 5 nitrogen and oxygen atoms in total. The number of aryl methyl sites for hydroxylation is 2. The van der Waals surface area contributed by atoms with Gasteiger partial charge in [0, 0.05) is 22.8 Å². The van der Waals surface area contributed by atoms with E-state index in [2.05, 4.69) is 23.6 Å². The molecule has 0 unspecified atom stereocenters. The number of ether oxygens (including phenoxy) is 1. The van der Waals surface area contributed by atoms with Crippen molar-refractivity contribution in [2.75, 3.05) is 7.11 Å². The average molecular weight is 483 g/mol. The summed E-state index contributed by atoms with van der Waals surface area (Å²) in [5, 5.41) is 7.87. The summed E-state index contributed by atoms with van der Waals surface area (Å²) < 4.78 is 39.5. The van der Waals surface area contributed by atoms with Crippen LogP contribution in [0.3, 0.4) is 0 Å². The highest BCUT2D eigenvalue weighted by atomic mass is 35.5. The average Bonchev–Trinajstić information content (AvgIpc) is 3.19. The molecule has 0 saturated carbocycles. The summed E-state index contributed by atoms with van der Waals surface area (Å²) in [5.41, 5.74) is 4.70. The molecule has 33 heavy (non-hydrogen) atoms. The second-order valence-electron chi connectivity index (χ2n) is 7.21. The zero-order valence-corrected chi connectivity index (χ0v) is 19.2. The molecule has 2 aromatic carbocycles. The largest absolute Gasteiger partial charge is 0.496 e. The van der Waals surface area contributed by atoms with Crippen molar-refractivity contribution in [1.82, 2.24) is 9.55 Å². The van der Waals surface area contributed by atoms with Crippen molar-refractivity contribution in [1.29, 1.82) is 0 Å². The number of carboxylic acid groups (broad SMARTS) is 1. The first kappa shape index (κ1) is 26.3. The number of para-hydroxylation sites is 1. The molecule has 0 aliphatic carbocycles. The van der Waals surface area contributed by atoms with Gasteiger partial charge in [-0.2, -0.15) is 13.2 Å². The molecule has 1 aromatic heterocycles. The summed E-state index contributed by atoms with van der Waals surface area (Å²) >= 11 is 6.04. The normalized spacial score (nSPS) is 11.0. The van der Waals surface area contributed by atoms with Crippen LogP contribution in [-0.2, 0) is 24.2 Å². The molecule has 0 aliphatic rings. The molecule has 0 atom stereocenters. The minimum absolute atomic E-state index is 0.750. The molecule has 3 aromatic rings. The summed E-state index contributed by atoms with van der Waals surface area (Å²) in [6.07, 6.45) is 1.14. The number of methoxy groups -OCH3 is 1. The predicted octanol–water partition coefficient (Wildman–Crippen LogP) is 6.43. The highest BCUT2D eigenvalue weighted by molar-refractivity contribution is 6.30. The first-order valence-electron chi connectivity index (χ1n) is 10.4. The highest BCUT2D eigenvalue weighted by Crippen LogP contribution is 2.26. The van der Waals surface area contributed by atoms with Gasteiger partial charge in [-0.25, -0.2) is 9.78 Å². The lowest BCUT2D eigenvalue weighted by atomic mass is 10.1. The van der Waals surface area contributed by atoms with Gasteiger partial charge >= 0.3 is 12.1 Å². The van der Waals surface area contributed by atoms with Gasteiger partial charge in [-0.05, 0) is 43.0 Å². The summed E-state index contributed by atoms with van der Waals surface area (Å²) in [7, 11) is 1.72. The van der Waals surface area contributed by atoms with E-state index < -0.39 is 12.1 Å². The molecular formula is C24H26ClF3N2O3. The molecule has 1 N–H and O–H groups in total. The Bertz CT molecular complexity index is 1030. The van der Waals surface area contributed by atoms with Gasteiger partial charge in [0.1, 0.15) is 5.75 Å². The Morgan fingerprint density at radius 2 is 1.76 bits per heavy atom. The van der Waals surface area contributed by atoms with Crippen molar-refractivity contribution < 1.29 is 27.8 Å². The van der Waals surface area contributed by atoms with Crippen molar-refractivity contribution in [3.8, 4) is 17.0 Å². The number of carboxylic acids is 1. The van der Waals surface area contributed by atoms with E-state index >= 15 is 0 Å². The monoisotopic (exact) mass is 482 g/mol. The van der Waals surface area contributed by atoms with Gasteiger partial charge in [0.05, 0.1) is 19.1 Å². The third-order valence-electron chi connectivity index (χ3n) is 4.89. The second kappa shape index (κ2) is 12.3. The van der Waals surface area contributed by atoms with Crippen LogP contribution in [0.15, 0.2) is 54.9 Å². The predicted molar refractivity (Wildman–Crippen MR) is 122 cm³/mol. The SMILES string of the molecule is CCCCc1c(-c2ccc(Cl)cc2)ncn1CCc1ccccc1OC.O=C(O)C(F)(F)F. The molecule has 0 bridgehead atoms. The van der Waals surface area contributed by atoms with Crippen LogP contribution in [0.1, 0.15) is 31.0 Å². The minimum Gasteiger partial charge on any atom is -0.496 e. The van der Waals surface area contributed by atoms with Gasteiger partial charge in [-0.15, -0.1) is 0 Å². The lowest BCUT2D eigenvalue weighted by molar-refractivity contribution is -0.192.